The third kappa shape index (κ3) is 3.89. The first kappa shape index (κ1) is 15.7. The lowest BCUT2D eigenvalue weighted by Crippen LogP contribution is -2.43. The summed E-state index contributed by atoms with van der Waals surface area (Å²) >= 11 is 11.9. The summed E-state index contributed by atoms with van der Waals surface area (Å²) in [6, 6.07) is 5.19. The van der Waals surface area contributed by atoms with E-state index in [1.807, 2.05) is 0 Å². The third-order valence-corrected chi connectivity index (χ3v) is 4.45. The molecular weight excluding hydrogens is 293 g/mol. The molecule has 0 bridgehead atoms. The standard InChI is InChI=1S/C16H21Cl2NO/c1-10-6-12(9-16(2,3)8-10)19-15(20)13-5-4-11(17)7-14(13)18/h4-5,7,10,12H,6,8-9H2,1-3H3,(H,19,20)/t10-,12+/m1/s1. The molecule has 0 aromatic heterocycles. The van der Waals surface area contributed by atoms with Crippen LogP contribution in [0.25, 0.3) is 0 Å². The van der Waals surface area contributed by atoms with Crippen LogP contribution >= 0.6 is 23.2 Å². The summed E-state index contributed by atoms with van der Waals surface area (Å²) in [5.41, 5.74) is 0.770. The average Bonchev–Trinajstić information content (AvgIpc) is 2.25. The number of carbonyl (C=O) groups is 1. The van der Waals surface area contributed by atoms with Gasteiger partial charge in [-0.3, -0.25) is 4.79 Å². The molecule has 1 aromatic carbocycles. The minimum atomic E-state index is -0.110. The van der Waals surface area contributed by atoms with Crippen LogP contribution in [0.15, 0.2) is 18.2 Å². The smallest absolute Gasteiger partial charge is 0.253 e. The van der Waals surface area contributed by atoms with Crippen LogP contribution in [0.4, 0.5) is 0 Å². The number of amides is 1. The Balaban J connectivity index is 2.07. The highest BCUT2D eigenvalue weighted by Crippen LogP contribution is 2.38. The number of carbonyl (C=O) groups excluding carboxylic acids is 1. The van der Waals surface area contributed by atoms with E-state index >= 15 is 0 Å². The quantitative estimate of drug-likeness (QED) is 0.823. The molecule has 2 nitrogen and oxygen atoms in total. The van der Waals surface area contributed by atoms with E-state index in [0.29, 0.717) is 21.5 Å². The number of rotatable bonds is 2. The Kier molecular flexibility index (Phi) is 4.66. The lowest BCUT2D eigenvalue weighted by molar-refractivity contribution is 0.0874. The Morgan fingerprint density at radius 1 is 1.30 bits per heavy atom. The Morgan fingerprint density at radius 3 is 2.60 bits per heavy atom. The highest BCUT2D eigenvalue weighted by atomic mass is 35.5. The van der Waals surface area contributed by atoms with Gasteiger partial charge in [0.2, 0.25) is 0 Å². The van der Waals surface area contributed by atoms with Crippen LogP contribution in [0.2, 0.25) is 10.0 Å². The topological polar surface area (TPSA) is 29.1 Å². The van der Waals surface area contributed by atoms with E-state index in [0.717, 1.165) is 12.8 Å². The van der Waals surface area contributed by atoms with Crippen molar-refractivity contribution in [3.05, 3.63) is 33.8 Å². The summed E-state index contributed by atoms with van der Waals surface area (Å²) in [7, 11) is 0. The van der Waals surface area contributed by atoms with E-state index < -0.39 is 0 Å². The van der Waals surface area contributed by atoms with Crippen LogP contribution in [-0.4, -0.2) is 11.9 Å². The molecule has 1 saturated carbocycles. The Bertz CT molecular complexity index is 513. The van der Waals surface area contributed by atoms with Crippen molar-refractivity contribution in [3.8, 4) is 0 Å². The highest BCUT2D eigenvalue weighted by Gasteiger charge is 2.32. The molecule has 0 unspecified atom stereocenters. The maximum Gasteiger partial charge on any atom is 0.253 e. The van der Waals surface area contributed by atoms with Crippen molar-refractivity contribution >= 4 is 29.1 Å². The van der Waals surface area contributed by atoms with E-state index in [9.17, 15) is 4.79 Å². The van der Waals surface area contributed by atoms with Crippen molar-refractivity contribution in [3.63, 3.8) is 0 Å². The third-order valence-electron chi connectivity index (χ3n) is 3.90. The minimum Gasteiger partial charge on any atom is -0.349 e. The van der Waals surface area contributed by atoms with E-state index in [-0.39, 0.29) is 17.4 Å². The predicted molar refractivity (Wildman–Crippen MR) is 84.5 cm³/mol. The summed E-state index contributed by atoms with van der Waals surface area (Å²) in [5.74, 6) is 0.520. The van der Waals surface area contributed by atoms with Crippen molar-refractivity contribution < 1.29 is 4.79 Å². The molecule has 0 aliphatic heterocycles. The van der Waals surface area contributed by atoms with Crippen molar-refractivity contribution in [1.82, 2.24) is 5.32 Å². The molecule has 2 atom stereocenters. The first-order valence-corrected chi connectivity index (χ1v) is 7.78. The SMILES string of the molecule is C[C@@H]1C[C@H](NC(=O)c2ccc(Cl)cc2Cl)CC(C)(C)C1. The number of hydrogen-bond acceptors (Lipinski definition) is 1. The number of nitrogens with one attached hydrogen (secondary N) is 1. The zero-order valence-corrected chi connectivity index (χ0v) is 13.7. The molecule has 4 heteroatoms. The first-order valence-electron chi connectivity index (χ1n) is 7.03. The molecular formula is C16H21Cl2NO. The number of halogens is 2. The lowest BCUT2D eigenvalue weighted by Gasteiger charge is -2.39. The molecule has 0 saturated heterocycles. The van der Waals surface area contributed by atoms with Crippen LogP contribution in [-0.2, 0) is 0 Å². The van der Waals surface area contributed by atoms with Crippen LogP contribution < -0.4 is 5.32 Å². The van der Waals surface area contributed by atoms with Crippen LogP contribution in [0.5, 0.6) is 0 Å². The van der Waals surface area contributed by atoms with Crippen molar-refractivity contribution in [2.24, 2.45) is 11.3 Å². The van der Waals surface area contributed by atoms with Crippen molar-refractivity contribution in [1.29, 1.82) is 0 Å². The molecule has 20 heavy (non-hydrogen) atoms. The second-order valence-corrected chi connectivity index (χ2v) is 7.55. The monoisotopic (exact) mass is 313 g/mol. The summed E-state index contributed by atoms with van der Waals surface area (Å²) in [5, 5.41) is 4.06. The number of hydrogen-bond donors (Lipinski definition) is 1. The fourth-order valence-corrected chi connectivity index (χ4v) is 3.89. The minimum absolute atomic E-state index is 0.110. The molecule has 1 N–H and O–H groups in total. The zero-order valence-electron chi connectivity index (χ0n) is 12.2. The van der Waals surface area contributed by atoms with E-state index in [2.05, 4.69) is 26.1 Å². The van der Waals surface area contributed by atoms with Gasteiger partial charge in [0.05, 0.1) is 10.6 Å². The maximum atomic E-state index is 12.3. The van der Waals surface area contributed by atoms with Gasteiger partial charge < -0.3 is 5.32 Å². The first-order chi connectivity index (χ1) is 9.27. The normalized spacial score (nSPS) is 25.2. The molecule has 1 fully saturated rings. The second kappa shape index (κ2) is 5.95. The molecule has 2 rings (SSSR count). The summed E-state index contributed by atoms with van der Waals surface area (Å²) in [6.45, 7) is 6.77. The Hall–Kier alpha value is -0.730. The van der Waals surface area contributed by atoms with Crippen LogP contribution in [0, 0.1) is 11.3 Å². The van der Waals surface area contributed by atoms with Gasteiger partial charge in [0, 0.05) is 11.1 Å². The highest BCUT2D eigenvalue weighted by molar-refractivity contribution is 6.36. The molecule has 0 radical (unpaired) electrons. The summed E-state index contributed by atoms with van der Waals surface area (Å²) < 4.78 is 0. The lowest BCUT2D eigenvalue weighted by atomic mass is 9.70. The summed E-state index contributed by atoms with van der Waals surface area (Å²) in [6.07, 6.45) is 3.25. The Labute approximate surface area is 130 Å². The van der Waals surface area contributed by atoms with Crippen LogP contribution in [0.3, 0.4) is 0 Å². The van der Waals surface area contributed by atoms with Crippen molar-refractivity contribution in [2.45, 2.75) is 46.1 Å². The Morgan fingerprint density at radius 2 is 2.00 bits per heavy atom. The predicted octanol–water partition coefficient (Wildman–Crippen LogP) is 4.94. The fraction of sp³-hybridized carbons (Fsp3) is 0.562. The van der Waals surface area contributed by atoms with Gasteiger partial charge in [-0.05, 0) is 48.8 Å². The van der Waals surface area contributed by atoms with Gasteiger partial charge >= 0.3 is 0 Å². The largest absolute Gasteiger partial charge is 0.349 e. The average molecular weight is 314 g/mol. The fourth-order valence-electron chi connectivity index (χ4n) is 3.39. The molecule has 110 valence electrons. The van der Waals surface area contributed by atoms with Gasteiger partial charge in [-0.25, -0.2) is 0 Å². The van der Waals surface area contributed by atoms with Gasteiger partial charge in [0.25, 0.3) is 5.91 Å². The second-order valence-electron chi connectivity index (χ2n) is 6.71. The molecule has 1 aromatic rings. The van der Waals surface area contributed by atoms with Gasteiger partial charge in [-0.2, -0.15) is 0 Å². The van der Waals surface area contributed by atoms with E-state index in [1.54, 1.807) is 18.2 Å². The molecule has 1 aliphatic rings. The van der Waals surface area contributed by atoms with Crippen molar-refractivity contribution in [2.75, 3.05) is 0 Å². The van der Waals surface area contributed by atoms with Gasteiger partial charge in [-0.1, -0.05) is 44.0 Å². The van der Waals surface area contributed by atoms with Gasteiger partial charge in [0.15, 0.2) is 0 Å². The van der Waals surface area contributed by atoms with E-state index in [4.69, 9.17) is 23.2 Å². The molecule has 0 heterocycles. The number of benzene rings is 1. The molecule has 1 amide bonds. The van der Waals surface area contributed by atoms with Crippen LogP contribution in [0.1, 0.15) is 50.4 Å². The maximum absolute atomic E-state index is 12.3. The van der Waals surface area contributed by atoms with Gasteiger partial charge in [0.1, 0.15) is 0 Å². The summed E-state index contributed by atoms with van der Waals surface area (Å²) in [4.78, 5) is 12.3. The molecule has 1 aliphatic carbocycles. The molecule has 0 spiro atoms. The van der Waals surface area contributed by atoms with Gasteiger partial charge in [-0.15, -0.1) is 0 Å². The van der Waals surface area contributed by atoms with E-state index in [1.165, 1.54) is 6.42 Å². The zero-order chi connectivity index (χ0) is 14.9.